The summed E-state index contributed by atoms with van der Waals surface area (Å²) in [5.74, 6) is -0.553. The second-order valence-corrected chi connectivity index (χ2v) is 8.31. The lowest BCUT2D eigenvalue weighted by Crippen LogP contribution is -2.44. The van der Waals surface area contributed by atoms with E-state index in [0.717, 1.165) is 0 Å². The lowest BCUT2D eigenvalue weighted by atomic mass is 9.79. The van der Waals surface area contributed by atoms with Crippen LogP contribution in [-0.4, -0.2) is 38.1 Å². The summed E-state index contributed by atoms with van der Waals surface area (Å²) in [7, 11) is 2.70. The van der Waals surface area contributed by atoms with Gasteiger partial charge in [0.05, 0.1) is 43.7 Å². The van der Waals surface area contributed by atoms with Gasteiger partial charge in [-0.25, -0.2) is 4.79 Å². The first kappa shape index (κ1) is 27.4. The Balaban J connectivity index is 2.20. The number of alkyl halides is 6. The van der Waals surface area contributed by atoms with E-state index in [2.05, 4.69) is 0 Å². The van der Waals surface area contributed by atoms with Crippen molar-refractivity contribution in [3.63, 3.8) is 0 Å². The van der Waals surface area contributed by atoms with Gasteiger partial charge in [-0.15, -0.1) is 0 Å². The van der Waals surface area contributed by atoms with Crippen molar-refractivity contribution in [2.24, 2.45) is 0 Å². The molecule has 0 bridgehead atoms. The molecule has 2 aromatic carbocycles. The third-order valence-electron chi connectivity index (χ3n) is 6.02. The van der Waals surface area contributed by atoms with Gasteiger partial charge in [0.2, 0.25) is 0 Å². The zero-order chi connectivity index (χ0) is 27.0. The van der Waals surface area contributed by atoms with Gasteiger partial charge in [0.1, 0.15) is 0 Å². The van der Waals surface area contributed by atoms with E-state index in [1.54, 1.807) is 13.8 Å². The minimum atomic E-state index is -5.06. The first-order valence-corrected chi connectivity index (χ1v) is 10.9. The molecule has 0 spiro atoms. The summed E-state index contributed by atoms with van der Waals surface area (Å²) < 4.78 is 96.1. The number of amides is 1. The van der Waals surface area contributed by atoms with Gasteiger partial charge in [0, 0.05) is 18.0 Å². The lowest BCUT2D eigenvalue weighted by molar-refractivity contribution is -0.143. The van der Waals surface area contributed by atoms with Crippen LogP contribution in [0.1, 0.15) is 54.5 Å². The number of hydrogen-bond acceptors (Lipinski definition) is 5. The highest BCUT2D eigenvalue weighted by atomic mass is 19.4. The number of nitrogens with zero attached hydrogens (tertiary/aromatic N) is 1. The SMILES string of the molecule is CCOC(=O)N1c2cc(OC)c(OC)cc2[C@@H]([C@H](O)c2cc(C(F)(F)F)cc(C(F)(F)F)c2)C[C@H]1C. The molecule has 0 saturated heterocycles. The van der Waals surface area contributed by atoms with Gasteiger partial charge >= 0.3 is 18.4 Å². The second kappa shape index (κ2) is 10.1. The average Bonchev–Trinajstić information content (AvgIpc) is 2.80. The molecule has 0 unspecified atom stereocenters. The van der Waals surface area contributed by atoms with Gasteiger partial charge in [-0.3, -0.25) is 4.90 Å². The van der Waals surface area contributed by atoms with Gasteiger partial charge in [-0.2, -0.15) is 26.3 Å². The number of rotatable bonds is 5. The van der Waals surface area contributed by atoms with Gasteiger partial charge in [-0.1, -0.05) is 0 Å². The van der Waals surface area contributed by atoms with Crippen molar-refractivity contribution in [3.8, 4) is 11.5 Å². The Labute approximate surface area is 203 Å². The fourth-order valence-corrected chi connectivity index (χ4v) is 4.38. The van der Waals surface area contributed by atoms with Gasteiger partial charge in [0.15, 0.2) is 11.5 Å². The summed E-state index contributed by atoms with van der Waals surface area (Å²) in [6.45, 7) is 3.31. The molecular formula is C24H25F6NO5. The van der Waals surface area contributed by atoms with E-state index >= 15 is 0 Å². The van der Waals surface area contributed by atoms with Gasteiger partial charge in [-0.05, 0) is 55.7 Å². The standard InChI is InChI=1S/C24H25F6NO5/c1-5-36-22(33)31-12(2)6-17(16-10-19(34-3)20(35-4)11-18(16)31)21(32)13-7-14(23(25,26)27)9-15(8-13)24(28,29)30/h7-12,17,21,32H,5-6H2,1-4H3/t12-,17+,21-/m1/s1. The summed E-state index contributed by atoms with van der Waals surface area (Å²) in [5, 5.41) is 11.2. The largest absolute Gasteiger partial charge is 0.493 e. The fourth-order valence-electron chi connectivity index (χ4n) is 4.38. The Hall–Kier alpha value is -3.15. The molecule has 1 amide bonds. The van der Waals surface area contributed by atoms with Crippen molar-refractivity contribution >= 4 is 11.8 Å². The van der Waals surface area contributed by atoms with Crippen molar-refractivity contribution in [1.29, 1.82) is 0 Å². The van der Waals surface area contributed by atoms with Crippen LogP contribution in [0, 0.1) is 0 Å². The smallest absolute Gasteiger partial charge is 0.416 e. The Morgan fingerprint density at radius 1 is 1.00 bits per heavy atom. The van der Waals surface area contributed by atoms with Crippen LogP contribution < -0.4 is 14.4 Å². The first-order valence-electron chi connectivity index (χ1n) is 10.9. The molecule has 0 aliphatic carbocycles. The van der Waals surface area contributed by atoms with Crippen LogP contribution in [0.4, 0.5) is 36.8 Å². The average molecular weight is 521 g/mol. The van der Waals surface area contributed by atoms with Crippen LogP contribution >= 0.6 is 0 Å². The van der Waals surface area contributed by atoms with E-state index in [9.17, 15) is 36.2 Å². The van der Waals surface area contributed by atoms with Crippen molar-refractivity contribution in [2.75, 3.05) is 25.7 Å². The number of aliphatic hydroxyl groups excluding tert-OH is 1. The van der Waals surface area contributed by atoms with Crippen LogP contribution in [0.15, 0.2) is 30.3 Å². The molecule has 2 aromatic rings. The number of carbonyl (C=O) groups is 1. The number of halogens is 6. The summed E-state index contributed by atoms with van der Waals surface area (Å²) in [6.07, 6.45) is -12.6. The maximum absolute atomic E-state index is 13.4. The van der Waals surface area contributed by atoms with E-state index in [1.165, 1.54) is 31.3 Å². The van der Waals surface area contributed by atoms with Crippen molar-refractivity contribution in [3.05, 3.63) is 52.6 Å². The summed E-state index contributed by atoms with van der Waals surface area (Å²) >= 11 is 0. The molecule has 1 heterocycles. The molecular weight excluding hydrogens is 496 g/mol. The predicted molar refractivity (Wildman–Crippen MR) is 117 cm³/mol. The minimum Gasteiger partial charge on any atom is -0.493 e. The minimum absolute atomic E-state index is 0.00401. The van der Waals surface area contributed by atoms with Crippen LogP contribution in [0.5, 0.6) is 11.5 Å². The van der Waals surface area contributed by atoms with E-state index in [-0.39, 0.29) is 41.8 Å². The number of carbonyl (C=O) groups excluding carboxylic acids is 1. The number of hydrogen-bond donors (Lipinski definition) is 1. The third-order valence-corrected chi connectivity index (χ3v) is 6.02. The zero-order valence-electron chi connectivity index (χ0n) is 19.8. The third kappa shape index (κ3) is 5.32. The van der Waals surface area contributed by atoms with Gasteiger partial charge in [0.25, 0.3) is 0 Å². The van der Waals surface area contributed by atoms with E-state index < -0.39 is 53.2 Å². The molecule has 3 rings (SSSR count). The molecule has 1 aliphatic heterocycles. The molecule has 0 saturated carbocycles. The number of fused-ring (bicyclic) bond motifs is 1. The van der Waals surface area contributed by atoms with Crippen molar-refractivity contribution in [1.82, 2.24) is 0 Å². The quantitative estimate of drug-likeness (QED) is 0.467. The highest BCUT2D eigenvalue weighted by molar-refractivity contribution is 5.91. The maximum Gasteiger partial charge on any atom is 0.416 e. The first-order chi connectivity index (χ1) is 16.7. The second-order valence-electron chi connectivity index (χ2n) is 8.31. The Kier molecular flexibility index (Phi) is 7.68. The number of methoxy groups -OCH3 is 2. The number of ether oxygens (including phenoxy) is 3. The van der Waals surface area contributed by atoms with E-state index in [4.69, 9.17) is 14.2 Å². The molecule has 0 aromatic heterocycles. The number of aliphatic hydroxyl groups is 1. The maximum atomic E-state index is 13.4. The fraction of sp³-hybridized carbons (Fsp3) is 0.458. The van der Waals surface area contributed by atoms with E-state index in [0.29, 0.717) is 12.1 Å². The van der Waals surface area contributed by atoms with Crippen molar-refractivity contribution < 1.29 is 50.5 Å². The van der Waals surface area contributed by atoms with Crippen LogP contribution in [0.2, 0.25) is 0 Å². The molecule has 1 N–H and O–H groups in total. The normalized spacial score (nSPS) is 18.9. The molecule has 6 nitrogen and oxygen atoms in total. The van der Waals surface area contributed by atoms with Crippen LogP contribution in [-0.2, 0) is 17.1 Å². The Morgan fingerprint density at radius 3 is 2.00 bits per heavy atom. The van der Waals surface area contributed by atoms with Gasteiger partial charge < -0.3 is 19.3 Å². The molecule has 1 aliphatic rings. The highest BCUT2D eigenvalue weighted by Gasteiger charge is 2.42. The lowest BCUT2D eigenvalue weighted by Gasteiger charge is -2.40. The Morgan fingerprint density at radius 2 is 1.53 bits per heavy atom. The van der Waals surface area contributed by atoms with Crippen LogP contribution in [0.25, 0.3) is 0 Å². The van der Waals surface area contributed by atoms with E-state index in [1.807, 2.05) is 0 Å². The monoisotopic (exact) mass is 521 g/mol. The topological polar surface area (TPSA) is 68.2 Å². The molecule has 12 heteroatoms. The zero-order valence-corrected chi connectivity index (χ0v) is 19.8. The summed E-state index contributed by atoms with van der Waals surface area (Å²) in [6, 6.07) is 3.28. The predicted octanol–water partition coefficient (Wildman–Crippen LogP) is 6.31. The Bertz CT molecular complexity index is 1090. The number of anilines is 1. The molecule has 0 radical (unpaired) electrons. The van der Waals surface area contributed by atoms with Crippen molar-refractivity contribution in [2.45, 2.75) is 50.7 Å². The number of benzene rings is 2. The molecule has 198 valence electrons. The highest BCUT2D eigenvalue weighted by Crippen LogP contribution is 2.49. The molecule has 3 atom stereocenters. The molecule has 0 fully saturated rings. The van der Waals surface area contributed by atoms with Crippen LogP contribution in [0.3, 0.4) is 0 Å². The summed E-state index contributed by atoms with van der Waals surface area (Å²) in [5.41, 5.74) is -3.11. The molecule has 36 heavy (non-hydrogen) atoms. The summed E-state index contributed by atoms with van der Waals surface area (Å²) in [4.78, 5) is 14.0.